The van der Waals surface area contributed by atoms with Gasteiger partial charge in [0.05, 0.1) is 11.4 Å². The molecule has 1 fully saturated rings. The molecule has 5 heteroatoms. The fraction of sp³-hybridized carbons (Fsp3) is 0.208. The number of nitrogens with zero attached hydrogens (tertiary/aromatic N) is 1. The summed E-state index contributed by atoms with van der Waals surface area (Å²) in [6, 6.07) is 16.5. The highest BCUT2D eigenvalue weighted by Gasteiger charge is 2.25. The fourth-order valence-corrected chi connectivity index (χ4v) is 4.04. The predicted molar refractivity (Wildman–Crippen MR) is 117 cm³/mol. The molecule has 29 heavy (non-hydrogen) atoms. The van der Waals surface area contributed by atoms with Gasteiger partial charge in [-0.2, -0.15) is 0 Å². The molecule has 1 aliphatic rings. The van der Waals surface area contributed by atoms with Gasteiger partial charge in [-0.3, -0.25) is 9.59 Å². The summed E-state index contributed by atoms with van der Waals surface area (Å²) in [5, 5.41) is 2.95. The summed E-state index contributed by atoms with van der Waals surface area (Å²) in [4.78, 5) is 30.1. The standard InChI is InChI=1S/C24H20N2O2S/c1-15-3-6-18(21(27)13-16-4-5-16)14-20(15)26-24(28)23-12-11-22(29-23)17-7-9-19(25-2)10-8-17/h3,6-12,14,16H,4-5,13H2,1H3,(H,26,28). The summed E-state index contributed by atoms with van der Waals surface area (Å²) in [5.41, 5.74) is 3.82. The quantitative estimate of drug-likeness (QED) is 0.379. The molecule has 0 saturated heterocycles. The molecule has 0 atom stereocenters. The molecule has 0 unspecified atom stereocenters. The Morgan fingerprint density at radius 3 is 2.55 bits per heavy atom. The molecular weight excluding hydrogens is 380 g/mol. The van der Waals surface area contributed by atoms with E-state index in [1.54, 1.807) is 24.3 Å². The van der Waals surface area contributed by atoms with E-state index in [-0.39, 0.29) is 11.7 Å². The van der Waals surface area contributed by atoms with Crippen LogP contribution in [0.2, 0.25) is 0 Å². The number of nitrogens with one attached hydrogen (secondary N) is 1. The van der Waals surface area contributed by atoms with Crippen LogP contribution in [-0.4, -0.2) is 11.7 Å². The van der Waals surface area contributed by atoms with Gasteiger partial charge >= 0.3 is 0 Å². The van der Waals surface area contributed by atoms with Crippen LogP contribution >= 0.6 is 11.3 Å². The highest BCUT2D eigenvalue weighted by molar-refractivity contribution is 7.17. The van der Waals surface area contributed by atoms with Crippen LogP contribution in [0.1, 0.15) is 44.9 Å². The van der Waals surface area contributed by atoms with Gasteiger partial charge in [0.25, 0.3) is 5.91 Å². The third-order valence-corrected chi connectivity index (χ3v) is 6.22. The number of amides is 1. The van der Waals surface area contributed by atoms with Crippen molar-refractivity contribution in [2.75, 3.05) is 5.32 Å². The van der Waals surface area contributed by atoms with Crippen molar-refractivity contribution in [2.45, 2.75) is 26.2 Å². The first kappa shape index (κ1) is 19.1. The van der Waals surface area contributed by atoms with Crippen LogP contribution in [-0.2, 0) is 0 Å². The van der Waals surface area contributed by atoms with E-state index in [1.165, 1.54) is 11.3 Å². The monoisotopic (exact) mass is 400 g/mol. The molecule has 4 nitrogen and oxygen atoms in total. The van der Waals surface area contributed by atoms with E-state index in [2.05, 4.69) is 10.2 Å². The van der Waals surface area contributed by atoms with Gasteiger partial charge in [0.1, 0.15) is 0 Å². The number of hydrogen-bond acceptors (Lipinski definition) is 3. The van der Waals surface area contributed by atoms with E-state index in [4.69, 9.17) is 6.57 Å². The average Bonchev–Trinajstić information content (AvgIpc) is 3.40. The highest BCUT2D eigenvalue weighted by Crippen LogP contribution is 2.34. The first-order valence-corrected chi connectivity index (χ1v) is 10.4. The Morgan fingerprint density at radius 1 is 1.10 bits per heavy atom. The van der Waals surface area contributed by atoms with Crippen LogP contribution < -0.4 is 5.32 Å². The zero-order valence-electron chi connectivity index (χ0n) is 16.1. The highest BCUT2D eigenvalue weighted by atomic mass is 32.1. The van der Waals surface area contributed by atoms with E-state index >= 15 is 0 Å². The zero-order chi connectivity index (χ0) is 20.4. The number of thiophene rings is 1. The van der Waals surface area contributed by atoms with Crippen LogP contribution in [0.3, 0.4) is 0 Å². The summed E-state index contributed by atoms with van der Waals surface area (Å²) < 4.78 is 0. The molecule has 1 heterocycles. The van der Waals surface area contributed by atoms with Crippen LogP contribution in [0.5, 0.6) is 0 Å². The van der Waals surface area contributed by atoms with E-state index in [0.29, 0.717) is 34.2 Å². The second-order valence-corrected chi connectivity index (χ2v) is 8.46. The minimum atomic E-state index is -0.186. The smallest absolute Gasteiger partial charge is 0.265 e. The molecule has 0 bridgehead atoms. The lowest BCUT2D eigenvalue weighted by Gasteiger charge is -2.10. The largest absolute Gasteiger partial charge is 0.321 e. The summed E-state index contributed by atoms with van der Waals surface area (Å²) in [6.07, 6.45) is 2.88. The van der Waals surface area contributed by atoms with E-state index in [0.717, 1.165) is 28.8 Å². The molecule has 1 amide bonds. The van der Waals surface area contributed by atoms with Crippen molar-refractivity contribution >= 4 is 34.4 Å². The van der Waals surface area contributed by atoms with Crippen molar-refractivity contribution in [1.82, 2.24) is 0 Å². The second kappa shape index (κ2) is 8.02. The number of ketones is 1. The molecule has 1 aliphatic carbocycles. The normalized spacial score (nSPS) is 13.0. The van der Waals surface area contributed by atoms with E-state index in [9.17, 15) is 9.59 Å². The topological polar surface area (TPSA) is 50.5 Å². The van der Waals surface area contributed by atoms with Gasteiger partial charge in [-0.15, -0.1) is 11.3 Å². The Hall–Kier alpha value is -3.23. The zero-order valence-corrected chi connectivity index (χ0v) is 16.9. The SMILES string of the molecule is [C-]#[N+]c1ccc(-c2ccc(C(=O)Nc3cc(C(=O)CC4CC4)ccc3C)s2)cc1. The molecule has 1 aromatic heterocycles. The molecule has 0 radical (unpaired) electrons. The molecule has 2 aromatic carbocycles. The molecule has 0 spiro atoms. The van der Waals surface area contributed by atoms with Crippen molar-refractivity contribution in [3.05, 3.63) is 82.0 Å². The Balaban J connectivity index is 1.50. The van der Waals surface area contributed by atoms with E-state index < -0.39 is 0 Å². The Bertz CT molecular complexity index is 1120. The van der Waals surface area contributed by atoms with Crippen molar-refractivity contribution in [2.24, 2.45) is 5.92 Å². The Morgan fingerprint density at radius 2 is 1.86 bits per heavy atom. The number of carbonyl (C=O) groups is 2. The summed E-state index contributed by atoms with van der Waals surface area (Å²) in [6.45, 7) is 8.95. The maximum Gasteiger partial charge on any atom is 0.265 e. The molecular formula is C24H20N2O2S. The van der Waals surface area contributed by atoms with Gasteiger partial charge in [0.15, 0.2) is 11.5 Å². The Labute approximate surface area is 174 Å². The molecule has 1 N–H and O–H groups in total. The van der Waals surface area contributed by atoms with Gasteiger partial charge in [-0.25, -0.2) is 4.85 Å². The number of rotatable bonds is 6. The lowest BCUT2D eigenvalue weighted by molar-refractivity contribution is 0.0974. The summed E-state index contributed by atoms with van der Waals surface area (Å²) >= 11 is 1.40. The van der Waals surface area contributed by atoms with Gasteiger partial charge in [-0.1, -0.05) is 36.4 Å². The maximum absolute atomic E-state index is 12.8. The van der Waals surface area contributed by atoms with Gasteiger partial charge in [0, 0.05) is 22.5 Å². The second-order valence-electron chi connectivity index (χ2n) is 7.38. The van der Waals surface area contributed by atoms with Gasteiger partial charge in [-0.05, 0) is 55.0 Å². The van der Waals surface area contributed by atoms with Gasteiger partial charge in [0.2, 0.25) is 0 Å². The third kappa shape index (κ3) is 4.44. The maximum atomic E-state index is 12.8. The number of benzene rings is 2. The molecule has 4 rings (SSSR count). The first-order chi connectivity index (χ1) is 14.0. The lowest BCUT2D eigenvalue weighted by Crippen LogP contribution is -2.12. The van der Waals surface area contributed by atoms with Crippen LogP contribution in [0.15, 0.2) is 54.6 Å². The number of carbonyl (C=O) groups excluding carboxylic acids is 2. The number of aryl methyl sites for hydroxylation is 1. The van der Waals surface area contributed by atoms with Crippen molar-refractivity contribution in [3.8, 4) is 10.4 Å². The minimum Gasteiger partial charge on any atom is -0.321 e. The fourth-order valence-electron chi connectivity index (χ4n) is 3.13. The molecule has 1 saturated carbocycles. The Kier molecular flexibility index (Phi) is 5.28. The van der Waals surface area contributed by atoms with Crippen molar-refractivity contribution < 1.29 is 9.59 Å². The first-order valence-electron chi connectivity index (χ1n) is 9.56. The van der Waals surface area contributed by atoms with E-state index in [1.807, 2.05) is 37.3 Å². The lowest BCUT2D eigenvalue weighted by atomic mass is 10.0. The number of hydrogen-bond donors (Lipinski definition) is 1. The third-order valence-electron chi connectivity index (χ3n) is 5.09. The number of anilines is 1. The molecule has 3 aromatic rings. The minimum absolute atomic E-state index is 0.143. The van der Waals surface area contributed by atoms with Crippen molar-refractivity contribution in [1.29, 1.82) is 0 Å². The molecule has 144 valence electrons. The van der Waals surface area contributed by atoms with Gasteiger partial charge < -0.3 is 5.32 Å². The van der Waals surface area contributed by atoms with Crippen LogP contribution in [0, 0.1) is 19.4 Å². The van der Waals surface area contributed by atoms with Crippen LogP contribution in [0.4, 0.5) is 11.4 Å². The van der Waals surface area contributed by atoms with Crippen molar-refractivity contribution in [3.63, 3.8) is 0 Å². The summed E-state index contributed by atoms with van der Waals surface area (Å²) in [5.74, 6) is 0.494. The number of Topliss-reactive ketones (excluding diaryl/α,β-unsaturated/α-hetero) is 1. The summed E-state index contributed by atoms with van der Waals surface area (Å²) in [7, 11) is 0. The predicted octanol–water partition coefficient (Wildman–Crippen LogP) is 6.51. The average molecular weight is 401 g/mol. The van der Waals surface area contributed by atoms with Crippen LogP contribution in [0.25, 0.3) is 15.3 Å². The molecule has 0 aliphatic heterocycles.